The highest BCUT2D eigenvalue weighted by atomic mass is 15.4. The second-order valence-corrected chi connectivity index (χ2v) is 6.06. The van der Waals surface area contributed by atoms with E-state index in [0.717, 1.165) is 22.5 Å². The van der Waals surface area contributed by atoms with Crippen LogP contribution >= 0.6 is 0 Å². The molecule has 0 unspecified atom stereocenters. The Bertz CT molecular complexity index is 1140. The number of benzene rings is 2. The van der Waals surface area contributed by atoms with E-state index in [0.29, 0.717) is 17.0 Å². The van der Waals surface area contributed by atoms with E-state index in [1.165, 1.54) is 0 Å². The van der Waals surface area contributed by atoms with Crippen LogP contribution in [0.4, 0.5) is 5.82 Å². The molecule has 6 heteroatoms. The molecule has 0 saturated carbocycles. The van der Waals surface area contributed by atoms with Crippen molar-refractivity contribution in [3.63, 3.8) is 0 Å². The quantitative estimate of drug-likeness (QED) is 0.606. The average molecular weight is 352 g/mol. The van der Waals surface area contributed by atoms with Gasteiger partial charge in [0.15, 0.2) is 0 Å². The van der Waals surface area contributed by atoms with Crippen LogP contribution in [-0.4, -0.2) is 20.0 Å². The summed E-state index contributed by atoms with van der Waals surface area (Å²) in [5, 5.41) is 18.1. The van der Waals surface area contributed by atoms with Crippen molar-refractivity contribution in [2.75, 3.05) is 5.73 Å². The molecule has 27 heavy (non-hydrogen) atoms. The molecule has 0 bridgehead atoms. The summed E-state index contributed by atoms with van der Waals surface area (Å²) in [6.45, 7) is 1.93. The smallest absolute Gasteiger partial charge is 0.142 e. The van der Waals surface area contributed by atoms with Gasteiger partial charge in [0.25, 0.3) is 0 Å². The van der Waals surface area contributed by atoms with E-state index in [-0.39, 0.29) is 5.82 Å². The van der Waals surface area contributed by atoms with Crippen molar-refractivity contribution in [1.29, 1.82) is 5.26 Å². The van der Waals surface area contributed by atoms with Crippen molar-refractivity contribution >= 4 is 5.82 Å². The Morgan fingerprint density at radius 2 is 1.67 bits per heavy atom. The van der Waals surface area contributed by atoms with Gasteiger partial charge in [0, 0.05) is 5.56 Å². The first-order valence-corrected chi connectivity index (χ1v) is 8.43. The third kappa shape index (κ3) is 2.92. The van der Waals surface area contributed by atoms with Gasteiger partial charge in [-0.1, -0.05) is 53.7 Å². The Hall–Kier alpha value is -3.98. The number of nitrogens with two attached hydrogens (primary N) is 1. The summed E-state index contributed by atoms with van der Waals surface area (Å²) in [6, 6.07) is 23.4. The topological polar surface area (TPSA) is 93.4 Å². The highest BCUT2D eigenvalue weighted by Gasteiger charge is 2.18. The first-order valence-electron chi connectivity index (χ1n) is 8.43. The fraction of sp³-hybridized carbons (Fsp3) is 0.0476. The van der Waals surface area contributed by atoms with E-state index in [2.05, 4.69) is 21.4 Å². The van der Waals surface area contributed by atoms with Gasteiger partial charge >= 0.3 is 0 Å². The van der Waals surface area contributed by atoms with E-state index >= 15 is 0 Å². The van der Waals surface area contributed by atoms with Crippen molar-refractivity contribution in [3.05, 3.63) is 78.0 Å². The average Bonchev–Trinajstić information content (AvgIpc) is 3.10. The summed E-state index contributed by atoms with van der Waals surface area (Å²) in [4.78, 5) is 4.41. The molecule has 0 radical (unpaired) electrons. The Kier molecular flexibility index (Phi) is 4.11. The van der Waals surface area contributed by atoms with Gasteiger partial charge in [-0.3, -0.25) is 0 Å². The minimum Gasteiger partial charge on any atom is -0.383 e. The summed E-state index contributed by atoms with van der Waals surface area (Å²) in [5.74, 6) is 0.183. The number of hydrogen-bond donors (Lipinski definition) is 1. The second-order valence-electron chi connectivity index (χ2n) is 6.06. The Morgan fingerprint density at radius 1 is 1.00 bits per heavy atom. The number of nitriles is 1. The molecule has 0 saturated heterocycles. The van der Waals surface area contributed by atoms with Gasteiger partial charge in [-0.05, 0) is 30.7 Å². The van der Waals surface area contributed by atoms with E-state index in [4.69, 9.17) is 5.73 Å². The summed E-state index contributed by atoms with van der Waals surface area (Å²) in [6.07, 6.45) is 0. The molecule has 4 rings (SSSR count). The lowest BCUT2D eigenvalue weighted by Gasteiger charge is -2.09. The number of nitrogen functional groups attached to an aromatic ring is 1. The lowest BCUT2D eigenvalue weighted by Crippen LogP contribution is -2.01. The molecule has 0 aliphatic heterocycles. The molecule has 0 fully saturated rings. The monoisotopic (exact) mass is 352 g/mol. The maximum Gasteiger partial charge on any atom is 0.142 e. The number of aromatic nitrogens is 4. The van der Waals surface area contributed by atoms with Gasteiger partial charge < -0.3 is 5.73 Å². The molecule has 0 aliphatic rings. The highest BCUT2D eigenvalue weighted by Crippen LogP contribution is 2.31. The molecule has 2 aromatic carbocycles. The molecule has 130 valence electrons. The van der Waals surface area contributed by atoms with Crippen molar-refractivity contribution in [1.82, 2.24) is 20.0 Å². The minimum absolute atomic E-state index is 0.183. The van der Waals surface area contributed by atoms with Crippen molar-refractivity contribution in [2.24, 2.45) is 0 Å². The summed E-state index contributed by atoms with van der Waals surface area (Å²) in [7, 11) is 0. The molecule has 0 atom stereocenters. The number of para-hydroxylation sites is 1. The predicted molar refractivity (Wildman–Crippen MR) is 104 cm³/mol. The van der Waals surface area contributed by atoms with Crippen molar-refractivity contribution in [2.45, 2.75) is 6.92 Å². The highest BCUT2D eigenvalue weighted by molar-refractivity contribution is 5.79. The van der Waals surface area contributed by atoms with E-state index < -0.39 is 0 Å². The molecule has 0 amide bonds. The predicted octanol–water partition coefficient (Wildman–Crippen LogP) is 3.76. The van der Waals surface area contributed by atoms with Crippen LogP contribution in [0.3, 0.4) is 0 Å². The van der Waals surface area contributed by atoms with Crippen LogP contribution in [0, 0.1) is 18.3 Å². The van der Waals surface area contributed by atoms with Gasteiger partial charge in [0.2, 0.25) is 0 Å². The van der Waals surface area contributed by atoms with Crippen LogP contribution in [0.5, 0.6) is 0 Å². The number of rotatable bonds is 3. The maximum atomic E-state index is 9.53. The standard InChI is InChI=1S/C21H16N6/c1-14-20(25-26-27(14)16-10-6-3-7-11-16)19-12-17(15-8-4-2-5-9-15)18(13-22)21(23)24-19/h2-12H,1H3,(H2,23,24). The fourth-order valence-corrected chi connectivity index (χ4v) is 3.03. The van der Waals surface area contributed by atoms with E-state index in [1.807, 2.05) is 73.7 Å². The zero-order valence-electron chi connectivity index (χ0n) is 14.7. The SMILES string of the molecule is Cc1c(-c2cc(-c3ccccc3)c(C#N)c(N)n2)nnn1-c1ccccc1. The number of pyridine rings is 1. The van der Waals surface area contributed by atoms with Gasteiger partial charge in [0.05, 0.1) is 17.1 Å². The zero-order valence-corrected chi connectivity index (χ0v) is 14.7. The summed E-state index contributed by atoms with van der Waals surface area (Å²) < 4.78 is 1.76. The first-order chi connectivity index (χ1) is 13.2. The zero-order chi connectivity index (χ0) is 18.8. The molecular formula is C21H16N6. The maximum absolute atomic E-state index is 9.53. The molecule has 0 spiro atoms. The van der Waals surface area contributed by atoms with Crippen molar-refractivity contribution < 1.29 is 0 Å². The van der Waals surface area contributed by atoms with Crippen LogP contribution < -0.4 is 5.73 Å². The Balaban J connectivity index is 1.88. The summed E-state index contributed by atoms with van der Waals surface area (Å²) >= 11 is 0. The third-order valence-corrected chi connectivity index (χ3v) is 4.38. The molecule has 4 aromatic rings. The van der Waals surface area contributed by atoms with Gasteiger partial charge in [-0.2, -0.15) is 5.26 Å². The van der Waals surface area contributed by atoms with E-state index in [1.54, 1.807) is 4.68 Å². The Labute approximate surface area is 156 Å². The van der Waals surface area contributed by atoms with Gasteiger partial charge in [-0.25, -0.2) is 9.67 Å². The fourth-order valence-electron chi connectivity index (χ4n) is 3.03. The van der Waals surface area contributed by atoms with Crippen LogP contribution in [0.1, 0.15) is 11.3 Å². The molecule has 2 aromatic heterocycles. The number of anilines is 1. The van der Waals surface area contributed by atoms with Crippen molar-refractivity contribution in [3.8, 4) is 34.3 Å². The molecule has 0 aliphatic carbocycles. The molecule has 2 N–H and O–H groups in total. The summed E-state index contributed by atoms with van der Waals surface area (Å²) in [5.41, 5.74) is 11.1. The van der Waals surface area contributed by atoms with Crippen LogP contribution in [0.2, 0.25) is 0 Å². The second kappa shape index (κ2) is 6.73. The van der Waals surface area contributed by atoms with Crippen LogP contribution in [0.25, 0.3) is 28.2 Å². The molecular weight excluding hydrogens is 336 g/mol. The lowest BCUT2D eigenvalue weighted by atomic mass is 9.99. The third-order valence-electron chi connectivity index (χ3n) is 4.38. The largest absolute Gasteiger partial charge is 0.383 e. The Morgan fingerprint density at radius 3 is 2.33 bits per heavy atom. The normalized spacial score (nSPS) is 10.5. The van der Waals surface area contributed by atoms with Gasteiger partial charge in [-0.15, -0.1) is 5.10 Å². The van der Waals surface area contributed by atoms with Crippen LogP contribution in [-0.2, 0) is 0 Å². The molecule has 2 heterocycles. The van der Waals surface area contributed by atoms with E-state index in [9.17, 15) is 5.26 Å². The number of nitrogens with zero attached hydrogens (tertiary/aromatic N) is 5. The van der Waals surface area contributed by atoms with Gasteiger partial charge in [0.1, 0.15) is 23.1 Å². The minimum atomic E-state index is 0.183. The number of hydrogen-bond acceptors (Lipinski definition) is 5. The molecule has 6 nitrogen and oxygen atoms in total. The van der Waals surface area contributed by atoms with Crippen LogP contribution in [0.15, 0.2) is 66.7 Å². The lowest BCUT2D eigenvalue weighted by molar-refractivity contribution is 0.785. The first kappa shape index (κ1) is 16.5.